The van der Waals surface area contributed by atoms with Crippen molar-refractivity contribution >= 4 is 5.91 Å². The summed E-state index contributed by atoms with van der Waals surface area (Å²) < 4.78 is 13.3. The Balaban J connectivity index is 2.23. The molecule has 0 aliphatic carbocycles. The summed E-state index contributed by atoms with van der Waals surface area (Å²) in [4.78, 5) is 14.0. The lowest BCUT2D eigenvalue weighted by Gasteiger charge is -2.20. The molecule has 0 aromatic heterocycles. The van der Waals surface area contributed by atoms with Crippen molar-refractivity contribution in [3.8, 4) is 0 Å². The predicted molar refractivity (Wildman–Crippen MR) is 75.7 cm³/mol. The van der Waals surface area contributed by atoms with E-state index in [0.717, 1.165) is 19.4 Å². The third-order valence-electron chi connectivity index (χ3n) is 3.22. The fourth-order valence-electron chi connectivity index (χ4n) is 1.69. The van der Waals surface area contributed by atoms with Crippen molar-refractivity contribution in [2.75, 3.05) is 20.1 Å². The first-order chi connectivity index (χ1) is 9.02. The molecule has 106 valence electrons. The summed E-state index contributed by atoms with van der Waals surface area (Å²) in [5, 5.41) is 2.75. The Hall–Kier alpha value is -1.42. The molecule has 19 heavy (non-hydrogen) atoms. The van der Waals surface area contributed by atoms with Gasteiger partial charge in [0.2, 0.25) is 0 Å². The normalized spacial score (nSPS) is 11.1. The highest BCUT2D eigenvalue weighted by Gasteiger charge is 2.09. The van der Waals surface area contributed by atoms with E-state index in [-0.39, 0.29) is 11.5 Å². The van der Waals surface area contributed by atoms with E-state index in [1.54, 1.807) is 12.1 Å². The lowest BCUT2D eigenvalue weighted by atomic mass is 10.2. The molecule has 0 aliphatic heterocycles. The molecular weight excluding hydrogens is 243 g/mol. The highest BCUT2D eigenvalue weighted by Crippen LogP contribution is 2.05. The lowest BCUT2D eigenvalue weighted by molar-refractivity contribution is 0.0948. The molecule has 1 aromatic rings. The molecule has 0 spiro atoms. The Kier molecular flexibility index (Phi) is 6.50. The molecule has 0 heterocycles. The Morgan fingerprint density at radius 1 is 1.32 bits per heavy atom. The Morgan fingerprint density at radius 2 is 2.00 bits per heavy atom. The predicted octanol–water partition coefficient (Wildman–Crippen LogP) is 2.68. The molecule has 1 aromatic carbocycles. The molecule has 0 saturated carbocycles. The lowest BCUT2D eigenvalue weighted by Crippen LogP contribution is -2.29. The van der Waals surface area contributed by atoms with E-state index in [2.05, 4.69) is 31.1 Å². The van der Waals surface area contributed by atoms with Crippen LogP contribution < -0.4 is 5.32 Å². The van der Waals surface area contributed by atoms with Crippen molar-refractivity contribution in [1.29, 1.82) is 0 Å². The van der Waals surface area contributed by atoms with Gasteiger partial charge in [-0.15, -0.1) is 0 Å². The van der Waals surface area contributed by atoms with Crippen LogP contribution in [-0.4, -0.2) is 37.0 Å². The highest BCUT2D eigenvalue weighted by atomic mass is 19.1. The fourth-order valence-corrected chi connectivity index (χ4v) is 1.69. The number of rotatable bonds is 7. The van der Waals surface area contributed by atoms with Crippen molar-refractivity contribution < 1.29 is 9.18 Å². The van der Waals surface area contributed by atoms with E-state index in [4.69, 9.17) is 0 Å². The third kappa shape index (κ3) is 5.39. The summed E-state index contributed by atoms with van der Waals surface area (Å²) in [5.74, 6) is -0.810. The topological polar surface area (TPSA) is 32.3 Å². The zero-order chi connectivity index (χ0) is 14.3. The molecule has 0 bridgehead atoms. The molecule has 0 fully saturated rings. The second-order valence-electron chi connectivity index (χ2n) is 5.02. The molecule has 1 amide bonds. The van der Waals surface area contributed by atoms with Crippen LogP contribution in [-0.2, 0) is 0 Å². The molecule has 0 aliphatic rings. The van der Waals surface area contributed by atoms with Gasteiger partial charge in [-0.1, -0.05) is 12.1 Å². The standard InChI is InChI=1S/C15H23FN2O/c1-12(2)18(3)11-7-6-10-17-15(19)13-8-4-5-9-14(13)16/h4-5,8-9,12H,6-7,10-11H2,1-3H3,(H,17,19). The van der Waals surface area contributed by atoms with Gasteiger partial charge in [-0.05, 0) is 52.4 Å². The maximum Gasteiger partial charge on any atom is 0.254 e. The number of hydrogen-bond acceptors (Lipinski definition) is 2. The minimum atomic E-state index is -0.473. The number of carbonyl (C=O) groups excluding carboxylic acids is 1. The molecule has 4 heteroatoms. The van der Waals surface area contributed by atoms with Gasteiger partial charge < -0.3 is 10.2 Å². The molecule has 3 nitrogen and oxygen atoms in total. The fraction of sp³-hybridized carbons (Fsp3) is 0.533. The molecule has 0 radical (unpaired) electrons. The van der Waals surface area contributed by atoms with Crippen LogP contribution in [0.3, 0.4) is 0 Å². The van der Waals surface area contributed by atoms with E-state index < -0.39 is 5.82 Å². The van der Waals surface area contributed by atoms with E-state index in [9.17, 15) is 9.18 Å². The van der Waals surface area contributed by atoms with Crippen LogP contribution in [0.5, 0.6) is 0 Å². The van der Waals surface area contributed by atoms with Crippen molar-refractivity contribution in [2.45, 2.75) is 32.7 Å². The number of nitrogens with one attached hydrogen (secondary N) is 1. The molecule has 0 saturated heterocycles. The van der Waals surface area contributed by atoms with Gasteiger partial charge in [-0.2, -0.15) is 0 Å². The minimum absolute atomic E-state index is 0.113. The maximum absolute atomic E-state index is 13.3. The largest absolute Gasteiger partial charge is 0.352 e. The zero-order valence-electron chi connectivity index (χ0n) is 11.9. The molecular formula is C15H23FN2O. The van der Waals surface area contributed by atoms with Crippen molar-refractivity contribution in [3.05, 3.63) is 35.6 Å². The molecule has 0 atom stereocenters. The average Bonchev–Trinajstić information content (AvgIpc) is 2.38. The summed E-state index contributed by atoms with van der Waals surface area (Å²) in [6, 6.07) is 6.57. The van der Waals surface area contributed by atoms with Crippen LogP contribution >= 0.6 is 0 Å². The molecule has 1 rings (SSSR count). The first-order valence-corrected chi connectivity index (χ1v) is 6.75. The first-order valence-electron chi connectivity index (χ1n) is 6.75. The minimum Gasteiger partial charge on any atom is -0.352 e. The monoisotopic (exact) mass is 266 g/mol. The summed E-state index contributed by atoms with van der Waals surface area (Å²) >= 11 is 0. The smallest absolute Gasteiger partial charge is 0.254 e. The molecule has 1 N–H and O–H groups in total. The van der Waals surface area contributed by atoms with Crippen LogP contribution in [0.15, 0.2) is 24.3 Å². The van der Waals surface area contributed by atoms with Gasteiger partial charge in [0.05, 0.1) is 5.56 Å². The van der Waals surface area contributed by atoms with E-state index in [0.29, 0.717) is 12.6 Å². The van der Waals surface area contributed by atoms with Gasteiger partial charge in [0.1, 0.15) is 5.82 Å². The Morgan fingerprint density at radius 3 is 2.63 bits per heavy atom. The first kappa shape index (κ1) is 15.6. The van der Waals surface area contributed by atoms with Gasteiger partial charge in [0, 0.05) is 12.6 Å². The van der Waals surface area contributed by atoms with Crippen molar-refractivity contribution in [3.63, 3.8) is 0 Å². The van der Waals surface area contributed by atoms with Crippen molar-refractivity contribution in [2.24, 2.45) is 0 Å². The number of hydrogen-bond donors (Lipinski definition) is 1. The SMILES string of the molecule is CC(C)N(C)CCCCNC(=O)c1ccccc1F. The number of carbonyl (C=O) groups is 1. The number of halogens is 1. The number of unbranched alkanes of at least 4 members (excludes halogenated alkanes) is 1. The second-order valence-corrected chi connectivity index (χ2v) is 5.02. The Labute approximate surface area is 114 Å². The van der Waals surface area contributed by atoms with Gasteiger partial charge in [0.15, 0.2) is 0 Å². The zero-order valence-corrected chi connectivity index (χ0v) is 11.9. The quantitative estimate of drug-likeness (QED) is 0.770. The average molecular weight is 266 g/mol. The summed E-state index contributed by atoms with van der Waals surface area (Å²) in [6.07, 6.45) is 1.92. The summed E-state index contributed by atoms with van der Waals surface area (Å²) in [7, 11) is 2.09. The van der Waals surface area contributed by atoms with Crippen LogP contribution in [0.2, 0.25) is 0 Å². The third-order valence-corrected chi connectivity index (χ3v) is 3.22. The van der Waals surface area contributed by atoms with Gasteiger partial charge in [0.25, 0.3) is 5.91 Å². The highest BCUT2D eigenvalue weighted by molar-refractivity contribution is 5.94. The van der Waals surface area contributed by atoms with Crippen LogP contribution in [0.1, 0.15) is 37.0 Å². The van der Waals surface area contributed by atoms with Crippen molar-refractivity contribution in [1.82, 2.24) is 10.2 Å². The van der Waals surface area contributed by atoms with Crippen LogP contribution in [0.25, 0.3) is 0 Å². The molecule has 0 unspecified atom stereocenters. The van der Waals surface area contributed by atoms with Crippen LogP contribution in [0, 0.1) is 5.82 Å². The maximum atomic E-state index is 13.3. The van der Waals surface area contributed by atoms with Gasteiger partial charge >= 0.3 is 0 Å². The number of amides is 1. The van der Waals surface area contributed by atoms with Gasteiger partial charge in [-0.3, -0.25) is 4.79 Å². The van der Waals surface area contributed by atoms with E-state index in [1.165, 1.54) is 12.1 Å². The summed E-state index contributed by atoms with van der Waals surface area (Å²) in [5.41, 5.74) is 0.113. The van der Waals surface area contributed by atoms with E-state index in [1.807, 2.05) is 0 Å². The Bertz CT molecular complexity index is 407. The summed E-state index contributed by atoms with van der Waals surface area (Å²) in [6.45, 7) is 5.90. The van der Waals surface area contributed by atoms with E-state index >= 15 is 0 Å². The van der Waals surface area contributed by atoms with Crippen LogP contribution in [0.4, 0.5) is 4.39 Å². The number of benzene rings is 1. The number of nitrogens with zero attached hydrogens (tertiary/aromatic N) is 1. The van der Waals surface area contributed by atoms with Gasteiger partial charge in [-0.25, -0.2) is 4.39 Å². The second kappa shape index (κ2) is 7.89.